The minimum atomic E-state index is -0.540. The van der Waals surface area contributed by atoms with Crippen molar-refractivity contribution in [3.8, 4) is 16.9 Å². The fraction of sp³-hybridized carbons (Fsp3) is 0.217. The van der Waals surface area contributed by atoms with Crippen molar-refractivity contribution >= 4 is 0 Å². The fourth-order valence-corrected chi connectivity index (χ4v) is 2.89. The topological polar surface area (TPSA) is 55.5 Å². The molecule has 0 aliphatic rings. The molecule has 3 nitrogen and oxygen atoms in total. The van der Waals surface area contributed by atoms with Gasteiger partial charge in [-0.25, -0.2) is 0 Å². The average Bonchev–Trinajstić information content (AvgIpc) is 2.67. The van der Waals surface area contributed by atoms with Crippen molar-refractivity contribution in [2.75, 3.05) is 0 Å². The van der Waals surface area contributed by atoms with E-state index in [1.807, 2.05) is 61.5 Å². The highest BCUT2D eigenvalue weighted by molar-refractivity contribution is 5.66. The third kappa shape index (κ3) is 4.51. The lowest BCUT2D eigenvalue weighted by Crippen LogP contribution is -2.04. The van der Waals surface area contributed by atoms with E-state index in [1.165, 1.54) is 0 Å². The standard InChI is InChI=1S/C23H25NO2/c1-16(24)19-7-6-8-20(13-19)22-12-18(11-21(14-22)17(2)25)15-26-23-9-4-3-5-10-23/h3-14,16-17,25H,15,24H2,1-2H3/t16-,17?/m1/s1. The molecule has 0 heterocycles. The lowest BCUT2D eigenvalue weighted by molar-refractivity contribution is 0.199. The molecule has 0 aliphatic carbocycles. The molecule has 0 saturated heterocycles. The largest absolute Gasteiger partial charge is 0.489 e. The third-order valence-corrected chi connectivity index (χ3v) is 4.39. The van der Waals surface area contributed by atoms with Crippen molar-refractivity contribution in [1.29, 1.82) is 0 Å². The number of hydrogen-bond donors (Lipinski definition) is 2. The molecule has 0 aliphatic heterocycles. The third-order valence-electron chi connectivity index (χ3n) is 4.39. The van der Waals surface area contributed by atoms with E-state index in [0.717, 1.165) is 33.6 Å². The van der Waals surface area contributed by atoms with Crippen LogP contribution in [0.2, 0.25) is 0 Å². The SMILES string of the molecule is CC(O)c1cc(COc2ccccc2)cc(-c2cccc([C@@H](C)N)c2)c1. The van der Waals surface area contributed by atoms with Crippen LogP contribution in [0.4, 0.5) is 0 Å². The van der Waals surface area contributed by atoms with Gasteiger partial charge >= 0.3 is 0 Å². The van der Waals surface area contributed by atoms with Gasteiger partial charge in [0.1, 0.15) is 12.4 Å². The van der Waals surface area contributed by atoms with Crippen LogP contribution in [0.25, 0.3) is 11.1 Å². The van der Waals surface area contributed by atoms with E-state index in [9.17, 15) is 5.11 Å². The molecule has 1 unspecified atom stereocenters. The van der Waals surface area contributed by atoms with Crippen LogP contribution >= 0.6 is 0 Å². The minimum absolute atomic E-state index is 0.0178. The molecule has 134 valence electrons. The second-order valence-corrected chi connectivity index (χ2v) is 6.66. The van der Waals surface area contributed by atoms with Crippen molar-refractivity contribution < 1.29 is 9.84 Å². The van der Waals surface area contributed by atoms with E-state index in [-0.39, 0.29) is 6.04 Å². The Hall–Kier alpha value is -2.62. The van der Waals surface area contributed by atoms with E-state index in [4.69, 9.17) is 10.5 Å². The molecule has 26 heavy (non-hydrogen) atoms. The molecule has 0 spiro atoms. The van der Waals surface area contributed by atoms with E-state index in [2.05, 4.69) is 18.2 Å². The highest BCUT2D eigenvalue weighted by atomic mass is 16.5. The number of rotatable bonds is 6. The Kier molecular flexibility index (Phi) is 5.71. The molecule has 0 saturated carbocycles. The smallest absolute Gasteiger partial charge is 0.119 e. The molecule has 3 aromatic rings. The van der Waals surface area contributed by atoms with Gasteiger partial charge in [0.25, 0.3) is 0 Å². The van der Waals surface area contributed by atoms with Crippen molar-refractivity contribution in [2.24, 2.45) is 5.73 Å². The maximum absolute atomic E-state index is 10.1. The quantitative estimate of drug-likeness (QED) is 0.659. The number of para-hydroxylation sites is 1. The van der Waals surface area contributed by atoms with E-state index < -0.39 is 6.10 Å². The highest BCUT2D eigenvalue weighted by Gasteiger charge is 2.09. The molecule has 2 atom stereocenters. The lowest BCUT2D eigenvalue weighted by Gasteiger charge is -2.14. The van der Waals surface area contributed by atoms with E-state index >= 15 is 0 Å². The normalized spacial score (nSPS) is 13.2. The maximum Gasteiger partial charge on any atom is 0.119 e. The van der Waals surface area contributed by atoms with Crippen LogP contribution < -0.4 is 10.5 Å². The predicted molar refractivity (Wildman–Crippen MR) is 106 cm³/mol. The first-order chi connectivity index (χ1) is 12.5. The summed E-state index contributed by atoms with van der Waals surface area (Å²) in [6.45, 7) is 4.20. The molecule has 3 rings (SSSR count). The Morgan fingerprint density at radius 1 is 0.846 bits per heavy atom. The molecule has 0 aromatic heterocycles. The first-order valence-corrected chi connectivity index (χ1v) is 8.88. The maximum atomic E-state index is 10.1. The molecule has 0 fully saturated rings. The van der Waals surface area contributed by atoms with Crippen LogP contribution in [-0.4, -0.2) is 5.11 Å². The number of nitrogens with two attached hydrogens (primary N) is 1. The summed E-state index contributed by atoms with van der Waals surface area (Å²) in [5, 5.41) is 10.1. The zero-order chi connectivity index (χ0) is 18.5. The van der Waals surface area contributed by atoms with Crippen molar-refractivity contribution in [2.45, 2.75) is 32.6 Å². The summed E-state index contributed by atoms with van der Waals surface area (Å²) < 4.78 is 5.88. The first kappa shape index (κ1) is 18.2. The summed E-state index contributed by atoms with van der Waals surface area (Å²) in [5.41, 5.74) is 11.1. The van der Waals surface area contributed by atoms with Gasteiger partial charge in [-0.15, -0.1) is 0 Å². The van der Waals surface area contributed by atoms with E-state index in [1.54, 1.807) is 6.92 Å². The first-order valence-electron chi connectivity index (χ1n) is 8.88. The zero-order valence-corrected chi connectivity index (χ0v) is 15.2. The number of aliphatic hydroxyl groups is 1. The summed E-state index contributed by atoms with van der Waals surface area (Å²) in [6, 6.07) is 24.1. The summed E-state index contributed by atoms with van der Waals surface area (Å²) in [6.07, 6.45) is -0.540. The van der Waals surface area contributed by atoms with Crippen LogP contribution in [0.1, 0.15) is 42.7 Å². The Morgan fingerprint density at radius 2 is 1.58 bits per heavy atom. The Bertz CT molecular complexity index is 857. The van der Waals surface area contributed by atoms with Crippen LogP contribution in [0, 0.1) is 0 Å². The lowest BCUT2D eigenvalue weighted by atomic mass is 9.96. The van der Waals surface area contributed by atoms with Crippen LogP contribution in [0.15, 0.2) is 72.8 Å². The second kappa shape index (κ2) is 8.17. The molecule has 0 amide bonds. The number of benzene rings is 3. The Balaban J connectivity index is 1.92. The summed E-state index contributed by atoms with van der Waals surface area (Å²) in [5.74, 6) is 0.829. The average molecular weight is 347 g/mol. The van der Waals surface area contributed by atoms with Crippen LogP contribution in [0.3, 0.4) is 0 Å². The van der Waals surface area contributed by atoms with Gasteiger partial charge in [-0.2, -0.15) is 0 Å². The van der Waals surface area contributed by atoms with Gasteiger partial charge in [0, 0.05) is 6.04 Å². The van der Waals surface area contributed by atoms with Gasteiger partial charge < -0.3 is 15.6 Å². The van der Waals surface area contributed by atoms with Crippen LogP contribution in [-0.2, 0) is 6.61 Å². The number of hydrogen-bond acceptors (Lipinski definition) is 3. The second-order valence-electron chi connectivity index (χ2n) is 6.66. The van der Waals surface area contributed by atoms with Crippen LogP contribution in [0.5, 0.6) is 5.75 Å². The molecule has 3 heteroatoms. The predicted octanol–water partition coefficient (Wildman–Crippen LogP) is 5.01. The zero-order valence-electron chi connectivity index (χ0n) is 15.2. The van der Waals surface area contributed by atoms with Gasteiger partial charge in [-0.05, 0) is 78.1 Å². The summed E-state index contributed by atoms with van der Waals surface area (Å²) in [4.78, 5) is 0. The molecule has 3 aromatic carbocycles. The Morgan fingerprint density at radius 3 is 2.27 bits per heavy atom. The summed E-state index contributed by atoms with van der Waals surface area (Å²) >= 11 is 0. The highest BCUT2D eigenvalue weighted by Crippen LogP contribution is 2.28. The van der Waals surface area contributed by atoms with Crippen molar-refractivity contribution in [3.63, 3.8) is 0 Å². The van der Waals surface area contributed by atoms with Gasteiger partial charge in [0.2, 0.25) is 0 Å². The van der Waals surface area contributed by atoms with Gasteiger partial charge in [0.05, 0.1) is 6.10 Å². The summed E-state index contributed by atoms with van der Waals surface area (Å²) in [7, 11) is 0. The fourth-order valence-electron chi connectivity index (χ4n) is 2.89. The molecular formula is C23H25NO2. The van der Waals surface area contributed by atoms with Gasteiger partial charge in [-0.3, -0.25) is 0 Å². The minimum Gasteiger partial charge on any atom is -0.489 e. The molecular weight excluding hydrogens is 322 g/mol. The molecule has 0 radical (unpaired) electrons. The molecule has 3 N–H and O–H groups in total. The van der Waals surface area contributed by atoms with Gasteiger partial charge in [0.15, 0.2) is 0 Å². The van der Waals surface area contributed by atoms with Crippen molar-refractivity contribution in [3.05, 3.63) is 89.5 Å². The molecule has 0 bridgehead atoms. The van der Waals surface area contributed by atoms with Gasteiger partial charge in [-0.1, -0.05) is 36.4 Å². The Labute approximate surface area is 155 Å². The number of aliphatic hydroxyl groups excluding tert-OH is 1. The number of ether oxygens (including phenoxy) is 1. The van der Waals surface area contributed by atoms with E-state index in [0.29, 0.717) is 6.61 Å². The monoisotopic (exact) mass is 347 g/mol. The van der Waals surface area contributed by atoms with Crippen molar-refractivity contribution in [1.82, 2.24) is 0 Å².